The van der Waals surface area contributed by atoms with Crippen LogP contribution in [0.4, 0.5) is 5.69 Å². The Balaban J connectivity index is 2.26. The van der Waals surface area contributed by atoms with Crippen molar-refractivity contribution >= 4 is 17.6 Å². The van der Waals surface area contributed by atoms with Crippen LogP contribution in [0.1, 0.15) is 23.7 Å². The summed E-state index contributed by atoms with van der Waals surface area (Å²) in [6.45, 7) is 2.84. The molecule has 3 N–H and O–H groups in total. The predicted molar refractivity (Wildman–Crippen MR) is 77.9 cm³/mol. The molecule has 1 fully saturated rings. The highest BCUT2D eigenvalue weighted by Crippen LogP contribution is 2.23. The Morgan fingerprint density at radius 3 is 2.81 bits per heavy atom. The van der Waals surface area contributed by atoms with E-state index < -0.39 is 17.9 Å². The largest absolute Gasteiger partial charge is 0.481 e. The zero-order valence-corrected chi connectivity index (χ0v) is 12.0. The first-order chi connectivity index (χ1) is 10.0. The van der Waals surface area contributed by atoms with Crippen molar-refractivity contribution < 1.29 is 19.4 Å². The molecule has 2 unspecified atom stereocenters. The number of carbonyl (C=O) groups is 2. The summed E-state index contributed by atoms with van der Waals surface area (Å²) in [6.07, 6.45) is 0.747. The van der Waals surface area contributed by atoms with Crippen LogP contribution >= 0.6 is 0 Å². The molecule has 0 spiro atoms. The second-order valence-corrected chi connectivity index (χ2v) is 5.17. The smallest absolute Gasteiger partial charge is 0.311 e. The lowest BCUT2D eigenvalue weighted by molar-refractivity contribution is -0.142. The van der Waals surface area contributed by atoms with Gasteiger partial charge in [-0.1, -0.05) is 13.0 Å². The van der Waals surface area contributed by atoms with Crippen LogP contribution in [0.2, 0.25) is 0 Å². The van der Waals surface area contributed by atoms with Crippen LogP contribution in [0.5, 0.6) is 0 Å². The van der Waals surface area contributed by atoms with Gasteiger partial charge >= 0.3 is 5.97 Å². The normalized spacial score (nSPS) is 21.2. The summed E-state index contributed by atoms with van der Waals surface area (Å²) in [4.78, 5) is 25.6. The van der Waals surface area contributed by atoms with Gasteiger partial charge in [-0.05, 0) is 24.6 Å². The molecule has 2 rings (SSSR count). The summed E-state index contributed by atoms with van der Waals surface area (Å²) in [6, 6.07) is 6.28. The van der Waals surface area contributed by atoms with E-state index in [0.29, 0.717) is 17.8 Å². The molecule has 1 aliphatic rings. The van der Waals surface area contributed by atoms with E-state index in [1.54, 1.807) is 29.2 Å². The fraction of sp³-hybridized carbons (Fsp3) is 0.467. The Kier molecular flexibility index (Phi) is 4.80. The van der Waals surface area contributed by atoms with Crippen molar-refractivity contribution in [2.24, 2.45) is 5.92 Å². The lowest BCUT2D eigenvalue weighted by Gasteiger charge is -2.30. The number of nitrogens with two attached hydrogens (primary N) is 1. The molecule has 1 amide bonds. The molecule has 114 valence electrons. The number of hydrogen-bond acceptors (Lipinski definition) is 4. The minimum atomic E-state index is -0.932. The first-order valence-corrected chi connectivity index (χ1v) is 7.01. The molecule has 0 aliphatic carbocycles. The minimum absolute atomic E-state index is 0.143. The van der Waals surface area contributed by atoms with E-state index in [2.05, 4.69) is 0 Å². The maximum absolute atomic E-state index is 12.7. The molecular weight excluding hydrogens is 272 g/mol. The number of nitrogen functional groups attached to an aromatic ring is 1. The molecule has 1 heterocycles. The van der Waals surface area contributed by atoms with Gasteiger partial charge in [0.05, 0.1) is 19.3 Å². The Bertz CT molecular complexity index is 532. The fourth-order valence-electron chi connectivity index (χ4n) is 2.58. The first-order valence-electron chi connectivity index (χ1n) is 7.01. The lowest BCUT2D eigenvalue weighted by Crippen LogP contribution is -2.47. The molecule has 1 saturated heterocycles. The number of carboxylic acids is 1. The third-order valence-corrected chi connectivity index (χ3v) is 3.63. The predicted octanol–water partition coefficient (Wildman–Crippen LogP) is 1.22. The van der Waals surface area contributed by atoms with Crippen molar-refractivity contribution in [2.75, 3.05) is 25.5 Å². The maximum atomic E-state index is 12.7. The third-order valence-electron chi connectivity index (χ3n) is 3.63. The Morgan fingerprint density at radius 1 is 1.43 bits per heavy atom. The van der Waals surface area contributed by atoms with Crippen LogP contribution in [0.15, 0.2) is 24.3 Å². The first kappa shape index (κ1) is 15.3. The topological polar surface area (TPSA) is 92.9 Å². The quantitative estimate of drug-likeness (QED) is 0.796. The highest BCUT2D eigenvalue weighted by Gasteiger charge is 2.39. The molecular formula is C15H20N2O4. The average molecular weight is 292 g/mol. The highest BCUT2D eigenvalue weighted by molar-refractivity contribution is 5.95. The number of aliphatic carboxylic acids is 1. The SMILES string of the molecule is CCCN(C(=O)c1cccc(N)c1)C1COCC1C(=O)O. The number of hydrogen-bond donors (Lipinski definition) is 2. The van der Waals surface area contributed by atoms with Crippen molar-refractivity contribution in [3.05, 3.63) is 29.8 Å². The summed E-state index contributed by atoms with van der Waals surface area (Å²) in [7, 11) is 0. The van der Waals surface area contributed by atoms with E-state index in [-0.39, 0.29) is 19.1 Å². The van der Waals surface area contributed by atoms with E-state index in [4.69, 9.17) is 10.5 Å². The molecule has 6 nitrogen and oxygen atoms in total. The third kappa shape index (κ3) is 3.33. The molecule has 21 heavy (non-hydrogen) atoms. The molecule has 2 atom stereocenters. The molecule has 6 heteroatoms. The van der Waals surface area contributed by atoms with Crippen LogP contribution in [-0.4, -0.2) is 47.7 Å². The molecule has 0 saturated carbocycles. The van der Waals surface area contributed by atoms with Gasteiger partial charge in [-0.25, -0.2) is 0 Å². The summed E-state index contributed by atoms with van der Waals surface area (Å²) in [5.41, 5.74) is 6.69. The van der Waals surface area contributed by atoms with Gasteiger partial charge in [0.1, 0.15) is 5.92 Å². The zero-order valence-electron chi connectivity index (χ0n) is 12.0. The van der Waals surface area contributed by atoms with E-state index >= 15 is 0 Å². The molecule has 0 aromatic heterocycles. The van der Waals surface area contributed by atoms with Gasteiger partial charge < -0.3 is 20.5 Å². The number of benzene rings is 1. The number of anilines is 1. The van der Waals surface area contributed by atoms with Gasteiger partial charge in [-0.3, -0.25) is 9.59 Å². The maximum Gasteiger partial charge on any atom is 0.311 e. The van der Waals surface area contributed by atoms with E-state index in [1.165, 1.54) is 0 Å². The lowest BCUT2D eigenvalue weighted by atomic mass is 10.0. The second kappa shape index (κ2) is 6.58. The van der Waals surface area contributed by atoms with Crippen LogP contribution in [-0.2, 0) is 9.53 Å². The number of nitrogens with zero attached hydrogens (tertiary/aromatic N) is 1. The van der Waals surface area contributed by atoms with Crippen molar-refractivity contribution in [1.29, 1.82) is 0 Å². The highest BCUT2D eigenvalue weighted by atomic mass is 16.5. The van der Waals surface area contributed by atoms with Gasteiger partial charge in [0.25, 0.3) is 5.91 Å². The number of carbonyl (C=O) groups excluding carboxylic acids is 1. The summed E-state index contributed by atoms with van der Waals surface area (Å²) in [5.74, 6) is -1.81. The van der Waals surface area contributed by atoms with Gasteiger partial charge in [0.2, 0.25) is 0 Å². The van der Waals surface area contributed by atoms with Crippen LogP contribution < -0.4 is 5.73 Å². The van der Waals surface area contributed by atoms with Crippen molar-refractivity contribution in [1.82, 2.24) is 4.90 Å². The Hall–Kier alpha value is -2.08. The van der Waals surface area contributed by atoms with Gasteiger partial charge in [0.15, 0.2) is 0 Å². The number of ether oxygens (including phenoxy) is 1. The molecule has 1 aromatic carbocycles. The van der Waals surface area contributed by atoms with E-state index in [0.717, 1.165) is 6.42 Å². The van der Waals surface area contributed by atoms with Crippen molar-refractivity contribution in [3.8, 4) is 0 Å². The Labute approximate surface area is 123 Å². The Morgan fingerprint density at radius 2 is 2.19 bits per heavy atom. The summed E-state index contributed by atoms with van der Waals surface area (Å²) in [5, 5.41) is 9.26. The molecule has 1 aliphatic heterocycles. The van der Waals surface area contributed by atoms with Crippen LogP contribution in [0.25, 0.3) is 0 Å². The van der Waals surface area contributed by atoms with Gasteiger partial charge in [-0.2, -0.15) is 0 Å². The van der Waals surface area contributed by atoms with Crippen molar-refractivity contribution in [2.45, 2.75) is 19.4 Å². The standard InChI is InChI=1S/C15H20N2O4/c1-2-6-17(13-9-21-8-12(13)15(19)20)14(18)10-4-3-5-11(16)7-10/h3-5,7,12-13H,2,6,8-9,16H2,1H3,(H,19,20). The van der Waals surface area contributed by atoms with Gasteiger partial charge in [0, 0.05) is 17.8 Å². The summed E-state index contributed by atoms with van der Waals surface area (Å²) < 4.78 is 5.27. The van der Waals surface area contributed by atoms with E-state index in [1.807, 2.05) is 6.92 Å². The molecule has 0 radical (unpaired) electrons. The molecule has 0 bridgehead atoms. The number of amides is 1. The van der Waals surface area contributed by atoms with Crippen molar-refractivity contribution in [3.63, 3.8) is 0 Å². The van der Waals surface area contributed by atoms with E-state index in [9.17, 15) is 14.7 Å². The zero-order chi connectivity index (χ0) is 15.4. The van der Waals surface area contributed by atoms with Gasteiger partial charge in [-0.15, -0.1) is 0 Å². The summed E-state index contributed by atoms with van der Waals surface area (Å²) >= 11 is 0. The molecule has 1 aromatic rings. The number of rotatable bonds is 5. The second-order valence-electron chi connectivity index (χ2n) is 5.17. The number of carboxylic acid groups (broad SMARTS) is 1. The minimum Gasteiger partial charge on any atom is -0.481 e. The fourth-order valence-corrected chi connectivity index (χ4v) is 2.58. The van der Waals surface area contributed by atoms with Crippen LogP contribution in [0, 0.1) is 5.92 Å². The van der Waals surface area contributed by atoms with Crippen LogP contribution in [0.3, 0.4) is 0 Å². The monoisotopic (exact) mass is 292 g/mol. The average Bonchev–Trinajstić information content (AvgIpc) is 2.93.